The molecule has 0 fully saturated rings. The molecule has 0 aliphatic carbocycles. The molecule has 0 aliphatic rings. The fraction of sp³-hybridized carbons (Fsp3) is 0.500. The average Bonchev–Trinajstić information content (AvgIpc) is 2.96. The van der Waals surface area contributed by atoms with Crippen LogP contribution in [-0.4, -0.2) is 0 Å². The van der Waals surface area contributed by atoms with Crippen molar-refractivity contribution in [1.82, 2.24) is 0 Å². The number of benzene rings is 3. The van der Waals surface area contributed by atoms with Crippen molar-refractivity contribution in [2.75, 3.05) is 0 Å². The molecule has 3 aromatic carbocycles. The standard InChI is InChI=1S/C12H10.C6H6.4C3H8.3C2H6/c1-3-7-11(8-4-1)12-9-5-2-6-10-12;1-2-4-6-5-3-1;4*1-3-2;3*1-2/h1-10H;1-6H;4*3H2,1-2H3;3*1-2H3. The van der Waals surface area contributed by atoms with Crippen molar-refractivity contribution in [2.24, 2.45) is 0 Å². The van der Waals surface area contributed by atoms with E-state index in [-0.39, 0.29) is 0 Å². The van der Waals surface area contributed by atoms with Gasteiger partial charge in [-0.1, -0.05) is 220 Å². The third-order valence-corrected chi connectivity index (χ3v) is 2.55. The highest BCUT2D eigenvalue weighted by molar-refractivity contribution is 5.62. The fourth-order valence-corrected chi connectivity index (χ4v) is 1.65. The summed E-state index contributed by atoms with van der Waals surface area (Å²) >= 11 is 0. The van der Waals surface area contributed by atoms with E-state index in [0.29, 0.717) is 0 Å². The lowest BCUT2D eigenvalue weighted by molar-refractivity contribution is 1.09. The molecule has 3 aromatic rings. The summed E-state index contributed by atoms with van der Waals surface area (Å²) in [6, 6.07) is 32.8. The molecule has 0 saturated heterocycles. The highest BCUT2D eigenvalue weighted by Crippen LogP contribution is 2.17. The predicted octanol–water partition coefficient (Wildman–Crippen LogP) is 13.8. The number of rotatable bonds is 1. The normalized spacial score (nSPS) is 7.06. The van der Waals surface area contributed by atoms with Crippen LogP contribution in [0.25, 0.3) is 11.1 Å². The molecule has 0 atom stereocenters. The maximum Gasteiger partial charge on any atom is -0.0184 e. The minimum atomic E-state index is 1.25. The quantitative estimate of drug-likeness (QED) is 0.313. The summed E-state index contributed by atoms with van der Waals surface area (Å²) in [5.74, 6) is 0. The van der Waals surface area contributed by atoms with Crippen molar-refractivity contribution in [1.29, 1.82) is 0 Å². The SMILES string of the molecule is CC.CC.CC.CCC.CCC.CCC.CCC.c1ccc(-c2ccccc2)cc1.c1ccccc1. The van der Waals surface area contributed by atoms with E-state index >= 15 is 0 Å². The van der Waals surface area contributed by atoms with Crippen LogP contribution in [0.3, 0.4) is 0 Å². The van der Waals surface area contributed by atoms with Crippen molar-refractivity contribution in [3.8, 4) is 11.1 Å². The molecular formula is C36H66. The molecule has 0 aliphatic heterocycles. The first kappa shape index (κ1) is 46.9. The highest BCUT2D eigenvalue weighted by Gasteiger charge is 1.91. The molecule has 0 heterocycles. The molecule has 0 heteroatoms. The molecule has 0 bridgehead atoms. The van der Waals surface area contributed by atoms with E-state index in [2.05, 4.69) is 104 Å². The van der Waals surface area contributed by atoms with Gasteiger partial charge in [0.15, 0.2) is 0 Å². The zero-order chi connectivity index (χ0) is 29.3. The van der Waals surface area contributed by atoms with Gasteiger partial charge in [-0.25, -0.2) is 0 Å². The second-order valence-electron chi connectivity index (χ2n) is 6.72. The van der Waals surface area contributed by atoms with Crippen molar-refractivity contribution in [3.63, 3.8) is 0 Å². The molecule has 3 rings (SSSR count). The maximum atomic E-state index is 2.12. The van der Waals surface area contributed by atoms with Gasteiger partial charge in [-0.05, 0) is 11.1 Å². The van der Waals surface area contributed by atoms with Gasteiger partial charge in [0.2, 0.25) is 0 Å². The van der Waals surface area contributed by atoms with E-state index in [1.54, 1.807) is 0 Å². The predicted molar refractivity (Wildman–Crippen MR) is 176 cm³/mol. The molecule has 0 amide bonds. The van der Waals surface area contributed by atoms with Crippen molar-refractivity contribution < 1.29 is 0 Å². The van der Waals surface area contributed by atoms with Crippen LogP contribution < -0.4 is 0 Å². The first-order valence-corrected chi connectivity index (χ1v) is 14.7. The van der Waals surface area contributed by atoms with Crippen molar-refractivity contribution in [3.05, 3.63) is 97.1 Å². The fourth-order valence-electron chi connectivity index (χ4n) is 1.65. The van der Waals surface area contributed by atoms with E-state index in [1.165, 1.54) is 36.8 Å². The molecule has 0 radical (unpaired) electrons. The van der Waals surface area contributed by atoms with Gasteiger partial charge in [-0.3, -0.25) is 0 Å². The lowest BCUT2D eigenvalue weighted by atomic mass is 10.1. The second kappa shape index (κ2) is 58.5. The molecular weight excluding hydrogens is 432 g/mol. The highest BCUT2D eigenvalue weighted by atomic mass is 14.0. The molecule has 210 valence electrons. The summed E-state index contributed by atoms with van der Waals surface area (Å²) in [7, 11) is 0. The summed E-state index contributed by atoms with van der Waals surface area (Å²) in [4.78, 5) is 0. The first-order valence-electron chi connectivity index (χ1n) is 14.7. The largest absolute Gasteiger partial charge is 0.0683 e. The minimum absolute atomic E-state index is 1.25. The topological polar surface area (TPSA) is 0 Å². The molecule has 0 aromatic heterocycles. The smallest absolute Gasteiger partial charge is 0.0184 e. The van der Waals surface area contributed by atoms with Crippen LogP contribution in [0, 0.1) is 0 Å². The Kier molecular flexibility index (Phi) is 76.2. The summed E-state index contributed by atoms with van der Waals surface area (Å²) in [5, 5.41) is 0. The van der Waals surface area contributed by atoms with Crippen LogP contribution in [0.5, 0.6) is 0 Å². The zero-order valence-corrected chi connectivity index (χ0v) is 27.1. The van der Waals surface area contributed by atoms with Gasteiger partial charge in [0, 0.05) is 0 Å². The van der Waals surface area contributed by atoms with Crippen LogP contribution >= 0.6 is 0 Å². The molecule has 0 saturated carbocycles. The van der Waals surface area contributed by atoms with Crippen LogP contribution in [0.15, 0.2) is 97.1 Å². The zero-order valence-electron chi connectivity index (χ0n) is 27.1. The van der Waals surface area contributed by atoms with Crippen molar-refractivity contribution in [2.45, 2.75) is 123 Å². The van der Waals surface area contributed by atoms with E-state index in [0.717, 1.165) is 0 Å². The second-order valence-corrected chi connectivity index (χ2v) is 6.72. The lowest BCUT2D eigenvalue weighted by Crippen LogP contribution is -1.73. The molecule has 0 N–H and O–H groups in total. The van der Waals surface area contributed by atoms with E-state index in [4.69, 9.17) is 0 Å². The molecule has 36 heavy (non-hydrogen) atoms. The van der Waals surface area contributed by atoms with Gasteiger partial charge in [0.25, 0.3) is 0 Å². The summed E-state index contributed by atoms with van der Waals surface area (Å²) in [6.45, 7) is 29.0. The van der Waals surface area contributed by atoms with E-state index < -0.39 is 0 Å². The Morgan fingerprint density at radius 1 is 0.278 bits per heavy atom. The van der Waals surface area contributed by atoms with E-state index in [9.17, 15) is 0 Å². The van der Waals surface area contributed by atoms with Gasteiger partial charge >= 0.3 is 0 Å². The van der Waals surface area contributed by atoms with E-state index in [1.807, 2.05) is 90.1 Å². The molecule has 0 spiro atoms. The summed E-state index contributed by atoms with van der Waals surface area (Å²) < 4.78 is 0. The number of hydrogen-bond acceptors (Lipinski definition) is 0. The number of hydrogen-bond donors (Lipinski definition) is 0. The Balaban J connectivity index is -0.0000000804. The monoisotopic (exact) mass is 499 g/mol. The summed E-state index contributed by atoms with van der Waals surface area (Å²) in [6.07, 6.45) is 5.00. The molecule has 0 unspecified atom stereocenters. The van der Waals surface area contributed by atoms with Gasteiger partial charge in [0.05, 0.1) is 0 Å². The van der Waals surface area contributed by atoms with Crippen LogP contribution in [0.4, 0.5) is 0 Å². The minimum Gasteiger partial charge on any atom is -0.0683 e. The van der Waals surface area contributed by atoms with Crippen LogP contribution in [0.2, 0.25) is 0 Å². The van der Waals surface area contributed by atoms with Gasteiger partial charge in [-0.2, -0.15) is 0 Å². The Hall–Kier alpha value is -2.34. The lowest BCUT2D eigenvalue weighted by Gasteiger charge is -1.98. The van der Waals surface area contributed by atoms with Gasteiger partial charge < -0.3 is 0 Å². The Labute approximate surface area is 230 Å². The third-order valence-electron chi connectivity index (χ3n) is 2.55. The third kappa shape index (κ3) is 53.2. The average molecular weight is 499 g/mol. The van der Waals surface area contributed by atoms with Gasteiger partial charge in [0.1, 0.15) is 0 Å². The van der Waals surface area contributed by atoms with Crippen LogP contribution in [-0.2, 0) is 0 Å². The first-order chi connectivity index (χ1) is 17.6. The Morgan fingerprint density at radius 3 is 0.528 bits per heavy atom. The molecule has 0 nitrogen and oxygen atoms in total. The van der Waals surface area contributed by atoms with Crippen LogP contribution in [0.1, 0.15) is 123 Å². The summed E-state index contributed by atoms with van der Waals surface area (Å²) in [5.41, 5.74) is 2.55. The van der Waals surface area contributed by atoms with Gasteiger partial charge in [-0.15, -0.1) is 0 Å². The van der Waals surface area contributed by atoms with Crippen molar-refractivity contribution >= 4 is 0 Å². The maximum absolute atomic E-state index is 2.12. The Morgan fingerprint density at radius 2 is 0.389 bits per heavy atom. The Bertz CT molecular complexity index is 513.